The molecule has 1 amide bonds. The monoisotopic (exact) mass is 420 g/mol. The van der Waals surface area contributed by atoms with Crippen LogP contribution in [0.5, 0.6) is 5.75 Å². The van der Waals surface area contributed by atoms with Crippen LogP contribution in [0, 0.1) is 6.92 Å². The third-order valence-corrected chi connectivity index (χ3v) is 5.45. The van der Waals surface area contributed by atoms with Crippen LogP contribution in [0.25, 0.3) is 4.96 Å². The molecule has 4 aromatic rings. The van der Waals surface area contributed by atoms with Crippen molar-refractivity contribution in [3.05, 3.63) is 86.8 Å². The van der Waals surface area contributed by atoms with Gasteiger partial charge in [-0.05, 0) is 37.6 Å². The second kappa shape index (κ2) is 8.46. The molecule has 0 bridgehead atoms. The molecule has 2 aromatic heterocycles. The van der Waals surface area contributed by atoms with Crippen molar-refractivity contribution < 1.29 is 9.53 Å². The molecule has 0 saturated heterocycles. The van der Waals surface area contributed by atoms with Crippen molar-refractivity contribution in [1.29, 1.82) is 0 Å². The molecule has 4 rings (SSSR count). The van der Waals surface area contributed by atoms with E-state index in [0.717, 1.165) is 17.0 Å². The number of carbonyl (C=O) groups excluding carboxylic acids is 1. The number of amides is 1. The fourth-order valence-electron chi connectivity index (χ4n) is 2.92. The number of carbonyl (C=O) groups is 1. The van der Waals surface area contributed by atoms with Gasteiger partial charge in [-0.1, -0.05) is 42.0 Å². The number of hydrogen-bond donors (Lipinski definition) is 1. The van der Waals surface area contributed by atoms with Gasteiger partial charge in [0, 0.05) is 23.4 Å². The van der Waals surface area contributed by atoms with Crippen LogP contribution in [0.15, 0.2) is 59.4 Å². The second-order valence-electron chi connectivity index (χ2n) is 6.77. The van der Waals surface area contributed by atoms with Crippen molar-refractivity contribution in [2.24, 2.45) is 0 Å². The molecule has 0 atom stereocenters. The molecule has 0 aliphatic rings. The van der Waals surface area contributed by atoms with Gasteiger partial charge in [-0.25, -0.2) is 4.98 Å². The maximum Gasteiger partial charge on any atom is 0.275 e. The molecular formula is C22H20N4O3S. The van der Waals surface area contributed by atoms with Crippen molar-refractivity contribution in [1.82, 2.24) is 14.6 Å². The van der Waals surface area contributed by atoms with Crippen LogP contribution in [-0.2, 0) is 13.0 Å². The van der Waals surface area contributed by atoms with Crippen LogP contribution in [0.3, 0.4) is 0 Å². The average Bonchev–Trinajstić information content (AvgIpc) is 3.16. The highest BCUT2D eigenvalue weighted by Gasteiger charge is 2.10. The van der Waals surface area contributed by atoms with E-state index in [1.807, 2.05) is 32.0 Å². The number of hydrogen-bond acceptors (Lipinski definition) is 6. The topological polar surface area (TPSA) is 85.6 Å². The maximum atomic E-state index is 12.4. The van der Waals surface area contributed by atoms with Crippen molar-refractivity contribution >= 4 is 27.9 Å². The largest absolute Gasteiger partial charge is 0.487 e. The zero-order valence-electron chi connectivity index (χ0n) is 16.6. The Morgan fingerprint density at radius 2 is 2.00 bits per heavy atom. The number of nitrogens with one attached hydrogen (secondary N) is 1. The van der Waals surface area contributed by atoms with Gasteiger partial charge in [0.2, 0.25) is 4.96 Å². The van der Waals surface area contributed by atoms with Gasteiger partial charge in [-0.15, -0.1) is 0 Å². The highest BCUT2D eigenvalue weighted by Crippen LogP contribution is 2.20. The second-order valence-corrected chi connectivity index (χ2v) is 7.81. The lowest BCUT2D eigenvalue weighted by atomic mass is 10.1. The summed E-state index contributed by atoms with van der Waals surface area (Å²) in [7, 11) is 0. The summed E-state index contributed by atoms with van der Waals surface area (Å²) < 4.78 is 7.11. The van der Waals surface area contributed by atoms with Crippen LogP contribution in [0.1, 0.15) is 33.5 Å². The Morgan fingerprint density at radius 1 is 1.17 bits per heavy atom. The van der Waals surface area contributed by atoms with Gasteiger partial charge in [0.1, 0.15) is 17.4 Å². The Balaban J connectivity index is 1.46. The van der Waals surface area contributed by atoms with E-state index in [1.165, 1.54) is 21.9 Å². The van der Waals surface area contributed by atoms with Gasteiger partial charge in [-0.2, -0.15) is 9.61 Å². The van der Waals surface area contributed by atoms with Crippen LogP contribution in [0.4, 0.5) is 5.69 Å². The molecule has 7 nitrogen and oxygen atoms in total. The highest BCUT2D eigenvalue weighted by atomic mass is 32.1. The van der Waals surface area contributed by atoms with E-state index in [4.69, 9.17) is 4.74 Å². The van der Waals surface area contributed by atoms with Crippen LogP contribution < -0.4 is 15.6 Å². The Labute approximate surface area is 177 Å². The molecule has 1 N–H and O–H groups in total. The molecule has 0 aliphatic carbocycles. The summed E-state index contributed by atoms with van der Waals surface area (Å²) in [6.45, 7) is 4.07. The third-order valence-electron chi connectivity index (χ3n) is 4.40. The normalized spacial score (nSPS) is 10.9. The Bertz CT molecular complexity index is 1280. The van der Waals surface area contributed by atoms with E-state index in [0.29, 0.717) is 27.7 Å². The summed E-state index contributed by atoms with van der Waals surface area (Å²) >= 11 is 1.39. The van der Waals surface area contributed by atoms with E-state index in [1.54, 1.807) is 30.3 Å². The van der Waals surface area contributed by atoms with Gasteiger partial charge in [0.05, 0.1) is 5.69 Å². The Kier molecular flexibility index (Phi) is 5.58. The molecule has 152 valence electrons. The predicted molar refractivity (Wildman–Crippen MR) is 116 cm³/mol. The lowest BCUT2D eigenvalue weighted by Crippen LogP contribution is -2.16. The standard InChI is InChI=1S/C22H20N4O3S/c1-3-19-25-26-20(27)12-17(24-22(26)30-19)13-29-18-9-5-8-16(11-18)23-21(28)15-7-4-6-14(2)10-15/h4-12H,3,13H2,1-2H3,(H,23,28). The van der Waals surface area contributed by atoms with E-state index >= 15 is 0 Å². The molecule has 0 spiro atoms. The highest BCUT2D eigenvalue weighted by molar-refractivity contribution is 7.16. The number of ether oxygens (including phenoxy) is 1. The average molecular weight is 420 g/mol. The molecule has 30 heavy (non-hydrogen) atoms. The minimum Gasteiger partial charge on any atom is -0.487 e. The molecule has 2 aromatic carbocycles. The molecule has 0 fully saturated rings. The van der Waals surface area contributed by atoms with E-state index in [-0.39, 0.29) is 18.1 Å². The van der Waals surface area contributed by atoms with Gasteiger partial charge >= 0.3 is 0 Å². The molecule has 0 unspecified atom stereocenters. The lowest BCUT2D eigenvalue weighted by Gasteiger charge is -2.09. The van der Waals surface area contributed by atoms with Crippen LogP contribution in [-0.4, -0.2) is 20.5 Å². The number of fused-ring (bicyclic) bond motifs is 1. The summed E-state index contributed by atoms with van der Waals surface area (Å²) in [6.07, 6.45) is 0.750. The summed E-state index contributed by atoms with van der Waals surface area (Å²) in [6, 6.07) is 15.9. The molecule has 8 heteroatoms. The van der Waals surface area contributed by atoms with E-state index in [9.17, 15) is 9.59 Å². The quantitative estimate of drug-likeness (QED) is 0.512. The summed E-state index contributed by atoms with van der Waals surface area (Å²) in [5, 5.41) is 7.97. The summed E-state index contributed by atoms with van der Waals surface area (Å²) in [5.74, 6) is 0.380. The van der Waals surface area contributed by atoms with Crippen molar-refractivity contribution in [2.75, 3.05) is 5.32 Å². The van der Waals surface area contributed by atoms with Gasteiger partial charge in [0.25, 0.3) is 11.5 Å². The lowest BCUT2D eigenvalue weighted by molar-refractivity contribution is 0.102. The molecule has 0 saturated carbocycles. The minimum atomic E-state index is -0.228. The zero-order valence-corrected chi connectivity index (χ0v) is 17.4. The number of aromatic nitrogens is 3. The first-order valence-corrected chi connectivity index (χ1v) is 10.3. The zero-order chi connectivity index (χ0) is 21.1. The Morgan fingerprint density at radius 3 is 2.80 bits per heavy atom. The molecule has 0 radical (unpaired) electrons. The van der Waals surface area contributed by atoms with Crippen LogP contribution in [0.2, 0.25) is 0 Å². The third kappa shape index (κ3) is 4.38. The van der Waals surface area contributed by atoms with Crippen molar-refractivity contribution in [3.8, 4) is 5.75 Å². The Hall–Kier alpha value is -3.52. The number of anilines is 1. The van der Waals surface area contributed by atoms with Crippen LogP contribution >= 0.6 is 11.3 Å². The fraction of sp³-hybridized carbons (Fsp3) is 0.182. The number of nitrogens with zero attached hydrogens (tertiary/aromatic N) is 3. The maximum absolute atomic E-state index is 12.4. The van der Waals surface area contributed by atoms with E-state index < -0.39 is 0 Å². The SMILES string of the molecule is CCc1nn2c(=O)cc(COc3cccc(NC(=O)c4cccc(C)c4)c3)nc2s1. The number of rotatable bonds is 6. The smallest absolute Gasteiger partial charge is 0.275 e. The first-order valence-electron chi connectivity index (χ1n) is 9.51. The van der Waals surface area contributed by atoms with Crippen molar-refractivity contribution in [2.45, 2.75) is 26.9 Å². The number of aryl methyl sites for hydroxylation is 2. The fourth-order valence-corrected chi connectivity index (χ4v) is 3.78. The van der Waals surface area contributed by atoms with Crippen molar-refractivity contribution in [3.63, 3.8) is 0 Å². The molecular weight excluding hydrogens is 400 g/mol. The minimum absolute atomic E-state index is 0.139. The summed E-state index contributed by atoms with van der Waals surface area (Å²) in [4.78, 5) is 29.7. The van der Waals surface area contributed by atoms with Gasteiger partial charge in [-0.3, -0.25) is 9.59 Å². The van der Waals surface area contributed by atoms with E-state index in [2.05, 4.69) is 15.4 Å². The first-order chi connectivity index (χ1) is 14.5. The predicted octanol–water partition coefficient (Wildman–Crippen LogP) is 3.85. The van der Waals surface area contributed by atoms with Gasteiger partial charge < -0.3 is 10.1 Å². The van der Waals surface area contributed by atoms with Gasteiger partial charge in [0.15, 0.2) is 0 Å². The summed E-state index contributed by atoms with van der Waals surface area (Å²) in [5.41, 5.74) is 2.54. The molecule has 0 aliphatic heterocycles. The first kappa shape index (κ1) is 19.8. The number of benzene rings is 2. The molecule has 2 heterocycles.